The first-order valence-electron chi connectivity index (χ1n) is 6.80. The molecule has 0 saturated heterocycles. The van der Waals surface area contributed by atoms with Crippen LogP contribution in [0.2, 0.25) is 0 Å². The number of hydrogen-bond acceptors (Lipinski definition) is 2. The Morgan fingerprint density at radius 2 is 1.74 bits per heavy atom. The Morgan fingerprint density at radius 3 is 2.11 bits per heavy atom. The summed E-state index contributed by atoms with van der Waals surface area (Å²) in [5.41, 5.74) is -1.65. The number of carbonyl (C=O) groups is 2. The molecular formula is C14H26N2O3. The van der Waals surface area contributed by atoms with E-state index in [-0.39, 0.29) is 11.4 Å². The van der Waals surface area contributed by atoms with Gasteiger partial charge in [-0.15, -0.1) is 0 Å². The first kappa shape index (κ1) is 15.8. The van der Waals surface area contributed by atoms with Crippen molar-refractivity contribution in [2.75, 3.05) is 6.54 Å². The van der Waals surface area contributed by atoms with Crippen molar-refractivity contribution in [2.24, 2.45) is 10.8 Å². The van der Waals surface area contributed by atoms with Crippen molar-refractivity contribution >= 4 is 12.0 Å². The maximum Gasteiger partial charge on any atom is 0.315 e. The number of carbonyl (C=O) groups excluding carboxylic acids is 1. The maximum absolute atomic E-state index is 11.9. The number of carboxylic acid groups (broad SMARTS) is 1. The van der Waals surface area contributed by atoms with Gasteiger partial charge >= 0.3 is 12.0 Å². The van der Waals surface area contributed by atoms with Crippen molar-refractivity contribution < 1.29 is 14.7 Å². The van der Waals surface area contributed by atoms with Gasteiger partial charge in [-0.05, 0) is 46.0 Å². The van der Waals surface area contributed by atoms with Crippen LogP contribution in [0.15, 0.2) is 0 Å². The molecule has 110 valence electrons. The van der Waals surface area contributed by atoms with Crippen LogP contribution in [0.3, 0.4) is 0 Å². The second kappa shape index (κ2) is 5.02. The Balaban J connectivity index is 2.53. The monoisotopic (exact) mass is 270 g/mol. The summed E-state index contributed by atoms with van der Waals surface area (Å²) in [6.07, 6.45) is 3.49. The molecule has 0 radical (unpaired) electrons. The molecule has 0 atom stereocenters. The van der Waals surface area contributed by atoms with Gasteiger partial charge < -0.3 is 15.7 Å². The summed E-state index contributed by atoms with van der Waals surface area (Å²) in [6, 6.07) is -0.299. The van der Waals surface area contributed by atoms with Gasteiger partial charge in [0, 0.05) is 6.54 Å². The highest BCUT2D eigenvalue weighted by Crippen LogP contribution is 2.39. The number of nitrogens with one attached hydrogen (secondary N) is 2. The molecule has 1 saturated carbocycles. The lowest BCUT2D eigenvalue weighted by molar-refractivity contribution is -0.150. The van der Waals surface area contributed by atoms with Gasteiger partial charge in [-0.3, -0.25) is 4.79 Å². The predicted molar refractivity (Wildman–Crippen MR) is 74.0 cm³/mol. The summed E-state index contributed by atoms with van der Waals surface area (Å²) >= 11 is 0. The predicted octanol–water partition coefficient (Wildman–Crippen LogP) is 2.37. The average molecular weight is 270 g/mol. The van der Waals surface area contributed by atoms with Crippen molar-refractivity contribution in [3.8, 4) is 0 Å². The summed E-state index contributed by atoms with van der Waals surface area (Å²) in [5, 5.41) is 14.8. The highest BCUT2D eigenvalue weighted by atomic mass is 16.4. The maximum atomic E-state index is 11.9. The van der Waals surface area contributed by atoms with E-state index in [1.807, 2.05) is 0 Å². The number of urea groups is 1. The molecular weight excluding hydrogens is 244 g/mol. The molecule has 2 amide bonds. The number of carboxylic acids is 1. The lowest BCUT2D eigenvalue weighted by Crippen LogP contribution is -2.59. The molecule has 0 aromatic rings. The van der Waals surface area contributed by atoms with Crippen LogP contribution in [0.4, 0.5) is 4.79 Å². The van der Waals surface area contributed by atoms with Crippen LogP contribution in [-0.2, 0) is 4.79 Å². The summed E-state index contributed by atoms with van der Waals surface area (Å²) < 4.78 is 0. The van der Waals surface area contributed by atoms with Gasteiger partial charge in [0.15, 0.2) is 0 Å². The van der Waals surface area contributed by atoms with Crippen LogP contribution < -0.4 is 10.6 Å². The zero-order valence-corrected chi connectivity index (χ0v) is 12.6. The van der Waals surface area contributed by atoms with E-state index < -0.39 is 16.9 Å². The first-order valence-corrected chi connectivity index (χ1v) is 6.80. The average Bonchev–Trinajstić information content (AvgIpc) is 2.22. The van der Waals surface area contributed by atoms with Crippen LogP contribution in [-0.4, -0.2) is 29.2 Å². The largest absolute Gasteiger partial charge is 0.481 e. The molecule has 0 spiro atoms. The van der Waals surface area contributed by atoms with Gasteiger partial charge in [-0.2, -0.15) is 0 Å². The summed E-state index contributed by atoms with van der Waals surface area (Å²) in [4.78, 5) is 23.1. The van der Waals surface area contributed by atoms with E-state index in [0.29, 0.717) is 6.54 Å². The summed E-state index contributed by atoms with van der Waals surface area (Å²) in [7, 11) is 0. The fourth-order valence-corrected chi connectivity index (χ4v) is 2.00. The molecule has 0 unspecified atom stereocenters. The Morgan fingerprint density at radius 1 is 1.21 bits per heavy atom. The molecule has 0 aromatic heterocycles. The minimum absolute atomic E-state index is 0.212. The summed E-state index contributed by atoms with van der Waals surface area (Å²) in [5.74, 6) is -0.927. The molecule has 0 aliphatic heterocycles. The minimum atomic E-state index is -1.04. The van der Waals surface area contributed by atoms with Crippen LogP contribution in [0.5, 0.6) is 0 Å². The van der Waals surface area contributed by atoms with Crippen LogP contribution >= 0.6 is 0 Å². The van der Waals surface area contributed by atoms with E-state index in [2.05, 4.69) is 17.6 Å². The van der Waals surface area contributed by atoms with Gasteiger partial charge in [0.2, 0.25) is 0 Å². The van der Waals surface area contributed by atoms with Gasteiger partial charge in [0.1, 0.15) is 0 Å². The fraction of sp³-hybridized carbons (Fsp3) is 0.857. The Kier molecular flexibility index (Phi) is 4.17. The Bertz CT molecular complexity index is 371. The molecule has 0 bridgehead atoms. The summed E-state index contributed by atoms with van der Waals surface area (Å²) in [6.45, 7) is 9.48. The van der Waals surface area contributed by atoms with Crippen molar-refractivity contribution in [3.05, 3.63) is 0 Å². The number of rotatable bonds is 5. The normalized spacial score (nSPS) is 18.4. The number of aliphatic carboxylic acids is 1. The van der Waals surface area contributed by atoms with Gasteiger partial charge in [0.25, 0.3) is 0 Å². The van der Waals surface area contributed by atoms with Crippen LogP contribution in [0, 0.1) is 10.8 Å². The highest BCUT2D eigenvalue weighted by molar-refractivity contribution is 5.79. The van der Waals surface area contributed by atoms with Gasteiger partial charge in [-0.25, -0.2) is 4.79 Å². The third-order valence-electron chi connectivity index (χ3n) is 4.76. The lowest BCUT2D eigenvalue weighted by Gasteiger charge is -2.41. The minimum Gasteiger partial charge on any atom is -0.481 e. The SMILES string of the molecule is CC1(CNC(=O)NC(C)(C)C(C)(C)C(=O)O)CCC1. The molecule has 1 fully saturated rings. The topological polar surface area (TPSA) is 78.4 Å². The first-order chi connectivity index (χ1) is 8.50. The van der Waals surface area contributed by atoms with Crippen molar-refractivity contribution in [3.63, 3.8) is 0 Å². The Labute approximate surface area is 115 Å². The van der Waals surface area contributed by atoms with E-state index >= 15 is 0 Å². The lowest BCUT2D eigenvalue weighted by atomic mass is 9.70. The molecule has 3 N–H and O–H groups in total. The molecule has 0 aromatic carbocycles. The zero-order valence-electron chi connectivity index (χ0n) is 12.6. The highest BCUT2D eigenvalue weighted by Gasteiger charge is 2.44. The van der Waals surface area contributed by atoms with Crippen molar-refractivity contribution in [1.29, 1.82) is 0 Å². The van der Waals surface area contributed by atoms with E-state index in [1.54, 1.807) is 27.7 Å². The smallest absolute Gasteiger partial charge is 0.315 e. The zero-order chi connectivity index (χ0) is 14.9. The Hall–Kier alpha value is -1.26. The van der Waals surface area contributed by atoms with E-state index in [0.717, 1.165) is 12.8 Å². The quantitative estimate of drug-likeness (QED) is 0.717. The fourth-order valence-electron chi connectivity index (χ4n) is 2.00. The third-order valence-corrected chi connectivity index (χ3v) is 4.76. The van der Waals surface area contributed by atoms with E-state index in [4.69, 9.17) is 0 Å². The van der Waals surface area contributed by atoms with Gasteiger partial charge in [-0.1, -0.05) is 13.3 Å². The second-order valence-corrected chi connectivity index (χ2v) is 7.03. The molecule has 0 heterocycles. The molecule has 1 aliphatic rings. The number of amides is 2. The number of hydrogen-bond donors (Lipinski definition) is 3. The standard InChI is InChI=1S/C14H26N2O3/c1-12(2,10(17)18)13(3,4)16-11(19)15-9-14(5)7-6-8-14/h6-9H2,1-5H3,(H,17,18)(H2,15,16,19). The van der Waals surface area contributed by atoms with Crippen LogP contribution in [0.1, 0.15) is 53.9 Å². The molecule has 1 rings (SSSR count). The van der Waals surface area contributed by atoms with Gasteiger partial charge in [0.05, 0.1) is 11.0 Å². The second-order valence-electron chi connectivity index (χ2n) is 7.03. The molecule has 19 heavy (non-hydrogen) atoms. The molecule has 1 aliphatic carbocycles. The van der Waals surface area contributed by atoms with E-state index in [1.165, 1.54) is 6.42 Å². The van der Waals surface area contributed by atoms with Crippen LogP contribution in [0.25, 0.3) is 0 Å². The van der Waals surface area contributed by atoms with Crippen molar-refractivity contribution in [2.45, 2.75) is 59.4 Å². The molecule has 5 heteroatoms. The van der Waals surface area contributed by atoms with E-state index in [9.17, 15) is 14.7 Å². The third kappa shape index (κ3) is 3.39. The molecule has 5 nitrogen and oxygen atoms in total. The van der Waals surface area contributed by atoms with Crippen molar-refractivity contribution in [1.82, 2.24) is 10.6 Å².